The fourth-order valence-corrected chi connectivity index (χ4v) is 9.11. The minimum atomic E-state index is -1.06. The van der Waals surface area contributed by atoms with Gasteiger partial charge >= 0.3 is 11.9 Å². The molecule has 1 aromatic rings. The summed E-state index contributed by atoms with van der Waals surface area (Å²) < 4.78 is 41.4. The third-order valence-corrected chi connectivity index (χ3v) is 11.8. The lowest BCUT2D eigenvalue weighted by atomic mass is 10.1. The summed E-state index contributed by atoms with van der Waals surface area (Å²) in [7, 11) is 1.54. The zero-order valence-electron chi connectivity index (χ0n) is 24.3. The number of methoxy groups -OCH3 is 1. The van der Waals surface area contributed by atoms with E-state index in [2.05, 4.69) is 13.2 Å². The lowest BCUT2D eigenvalue weighted by Gasteiger charge is -2.30. The number of esters is 2. The minimum absolute atomic E-state index is 0.0177. The van der Waals surface area contributed by atoms with Gasteiger partial charge in [0, 0.05) is 53.4 Å². The second kappa shape index (κ2) is 17.6. The van der Waals surface area contributed by atoms with E-state index >= 15 is 0 Å². The Bertz CT molecular complexity index is 970. The Hall–Kier alpha value is -1.64. The SMILES string of the molecule is C=CC(=O)OC(C)(COCC1SCCS1)COc1cc(OC)cc(OCC(C)(COCC2SCCS2)OC(=O)C=C)c1. The average Bonchev–Trinajstić information content (AvgIpc) is 3.70. The molecule has 2 unspecified atom stereocenters. The van der Waals surface area contributed by atoms with E-state index in [0.29, 0.717) is 39.6 Å². The standard InChI is InChI=1S/C29H40O9S4/c1-6-24(30)37-28(3,17-33-15-26-39-8-9-40-26)19-35-22-12-21(32-5)13-23(14-22)36-20-29(4,38-25(31)7-2)18-34-16-27-41-10-11-42-27/h6-7,12-14,26-27H,1-2,8-11,15-20H2,3-5H3. The lowest BCUT2D eigenvalue weighted by molar-refractivity contribution is -0.162. The number of ether oxygens (including phenoxy) is 7. The average molecular weight is 661 g/mol. The van der Waals surface area contributed by atoms with Crippen LogP contribution in [-0.4, -0.2) is 102 Å². The highest BCUT2D eigenvalue weighted by Crippen LogP contribution is 2.34. The fourth-order valence-electron chi connectivity index (χ4n) is 3.82. The topological polar surface area (TPSA) is 98.8 Å². The Kier molecular flexibility index (Phi) is 14.6. The fraction of sp³-hybridized carbons (Fsp3) is 0.586. The third-order valence-electron chi connectivity index (χ3n) is 5.91. The zero-order valence-corrected chi connectivity index (χ0v) is 27.6. The van der Waals surface area contributed by atoms with Gasteiger partial charge in [0.25, 0.3) is 0 Å². The van der Waals surface area contributed by atoms with Gasteiger partial charge in [-0.3, -0.25) is 0 Å². The maximum Gasteiger partial charge on any atom is 0.330 e. The van der Waals surface area contributed by atoms with Crippen LogP contribution in [0.5, 0.6) is 17.2 Å². The van der Waals surface area contributed by atoms with E-state index in [1.54, 1.807) is 32.0 Å². The van der Waals surface area contributed by atoms with Crippen LogP contribution in [0.15, 0.2) is 43.5 Å². The van der Waals surface area contributed by atoms with E-state index < -0.39 is 23.1 Å². The predicted molar refractivity (Wildman–Crippen MR) is 172 cm³/mol. The number of benzene rings is 1. The van der Waals surface area contributed by atoms with Crippen molar-refractivity contribution >= 4 is 59.0 Å². The number of carbonyl (C=O) groups excluding carboxylic acids is 2. The first-order valence-corrected chi connectivity index (χ1v) is 17.6. The van der Waals surface area contributed by atoms with Crippen molar-refractivity contribution in [1.29, 1.82) is 0 Å². The molecule has 2 aliphatic heterocycles. The highest BCUT2D eigenvalue weighted by atomic mass is 32.2. The van der Waals surface area contributed by atoms with Crippen LogP contribution in [0.4, 0.5) is 0 Å². The van der Waals surface area contributed by atoms with Gasteiger partial charge in [-0.25, -0.2) is 9.59 Å². The van der Waals surface area contributed by atoms with Crippen LogP contribution in [0.1, 0.15) is 13.8 Å². The summed E-state index contributed by atoms with van der Waals surface area (Å²) in [4.78, 5) is 24.2. The van der Waals surface area contributed by atoms with Crippen molar-refractivity contribution in [2.45, 2.75) is 34.2 Å². The predicted octanol–water partition coefficient (Wildman–Crippen LogP) is 5.07. The summed E-state index contributed by atoms with van der Waals surface area (Å²) in [5.74, 6) is 4.65. The van der Waals surface area contributed by atoms with Crippen LogP contribution in [-0.2, 0) is 28.5 Å². The van der Waals surface area contributed by atoms with Gasteiger partial charge in [0.1, 0.15) is 30.5 Å². The molecule has 9 nitrogen and oxygen atoms in total. The van der Waals surface area contributed by atoms with Gasteiger partial charge in [0.15, 0.2) is 11.2 Å². The van der Waals surface area contributed by atoms with Crippen molar-refractivity contribution < 1.29 is 42.7 Å². The molecule has 2 aliphatic rings. The van der Waals surface area contributed by atoms with Crippen LogP contribution in [0.3, 0.4) is 0 Å². The van der Waals surface area contributed by atoms with E-state index in [0.717, 1.165) is 35.2 Å². The summed E-state index contributed by atoms with van der Waals surface area (Å²) in [6, 6.07) is 5.09. The number of thioether (sulfide) groups is 4. The molecule has 0 amide bonds. The van der Waals surface area contributed by atoms with Gasteiger partial charge in [0.2, 0.25) is 0 Å². The van der Waals surface area contributed by atoms with Crippen molar-refractivity contribution in [1.82, 2.24) is 0 Å². The number of hydrogen-bond donors (Lipinski definition) is 0. The molecule has 42 heavy (non-hydrogen) atoms. The Morgan fingerprint density at radius 3 is 1.48 bits per heavy atom. The van der Waals surface area contributed by atoms with Crippen molar-refractivity contribution in [2.75, 3.05) is 69.8 Å². The summed E-state index contributed by atoms with van der Waals surface area (Å²) in [6.07, 6.45) is 2.23. The van der Waals surface area contributed by atoms with E-state index in [9.17, 15) is 9.59 Å². The molecular weight excluding hydrogens is 621 g/mol. The maximum atomic E-state index is 12.1. The van der Waals surface area contributed by atoms with Gasteiger partial charge < -0.3 is 33.2 Å². The molecular formula is C29H40O9S4. The van der Waals surface area contributed by atoms with Crippen molar-refractivity contribution in [2.24, 2.45) is 0 Å². The first kappa shape index (κ1) is 34.8. The normalized spacial score (nSPS) is 18.5. The maximum absolute atomic E-state index is 12.1. The lowest BCUT2D eigenvalue weighted by Crippen LogP contribution is -2.43. The molecule has 0 aromatic heterocycles. The molecule has 234 valence electrons. The molecule has 0 bridgehead atoms. The molecule has 2 atom stereocenters. The first-order chi connectivity index (χ1) is 20.2. The quantitative estimate of drug-likeness (QED) is 0.146. The Labute approximate surface area is 265 Å². The zero-order chi connectivity index (χ0) is 30.4. The van der Waals surface area contributed by atoms with Crippen LogP contribution in [0.2, 0.25) is 0 Å². The second-order valence-corrected chi connectivity index (χ2v) is 15.8. The molecule has 2 heterocycles. The number of rotatable bonds is 19. The van der Waals surface area contributed by atoms with Crippen LogP contribution >= 0.6 is 47.0 Å². The Morgan fingerprint density at radius 2 is 1.12 bits per heavy atom. The van der Waals surface area contributed by atoms with E-state index in [4.69, 9.17) is 33.2 Å². The van der Waals surface area contributed by atoms with Gasteiger partial charge in [-0.05, 0) is 13.8 Å². The number of hydrogen-bond acceptors (Lipinski definition) is 13. The van der Waals surface area contributed by atoms with Gasteiger partial charge in [-0.1, -0.05) is 13.2 Å². The highest BCUT2D eigenvalue weighted by molar-refractivity contribution is 8.20. The molecule has 13 heteroatoms. The second-order valence-electron chi connectivity index (χ2n) is 9.94. The summed E-state index contributed by atoms with van der Waals surface area (Å²) in [6.45, 7) is 11.9. The number of carbonyl (C=O) groups is 2. The molecule has 0 aliphatic carbocycles. The minimum Gasteiger partial charge on any atom is -0.496 e. The van der Waals surface area contributed by atoms with Gasteiger partial charge in [-0.2, -0.15) is 0 Å². The molecule has 2 saturated heterocycles. The largest absolute Gasteiger partial charge is 0.496 e. The molecule has 3 rings (SSSR count). The molecule has 0 N–H and O–H groups in total. The van der Waals surface area contributed by atoms with Gasteiger partial charge in [-0.15, -0.1) is 47.0 Å². The van der Waals surface area contributed by atoms with E-state index in [-0.39, 0.29) is 26.4 Å². The molecule has 0 spiro atoms. The monoisotopic (exact) mass is 660 g/mol. The summed E-state index contributed by atoms with van der Waals surface area (Å²) >= 11 is 7.44. The molecule has 2 fully saturated rings. The van der Waals surface area contributed by atoms with Crippen molar-refractivity contribution in [3.8, 4) is 17.2 Å². The summed E-state index contributed by atoms with van der Waals surface area (Å²) in [5, 5.41) is 0. The Morgan fingerprint density at radius 1 is 0.738 bits per heavy atom. The van der Waals surface area contributed by atoms with Crippen molar-refractivity contribution in [3.05, 3.63) is 43.5 Å². The van der Waals surface area contributed by atoms with Crippen LogP contribution < -0.4 is 14.2 Å². The molecule has 0 radical (unpaired) electrons. The highest BCUT2D eigenvalue weighted by Gasteiger charge is 2.33. The van der Waals surface area contributed by atoms with E-state index in [1.165, 1.54) is 7.11 Å². The smallest absolute Gasteiger partial charge is 0.330 e. The summed E-state index contributed by atoms with van der Waals surface area (Å²) in [5.41, 5.74) is -2.12. The molecule has 0 saturated carbocycles. The van der Waals surface area contributed by atoms with E-state index in [1.807, 2.05) is 47.0 Å². The van der Waals surface area contributed by atoms with Crippen molar-refractivity contribution in [3.63, 3.8) is 0 Å². The Balaban J connectivity index is 1.64. The molecule has 1 aromatic carbocycles. The third kappa shape index (κ3) is 12.2. The van der Waals surface area contributed by atoms with Crippen LogP contribution in [0, 0.1) is 0 Å². The van der Waals surface area contributed by atoms with Crippen LogP contribution in [0.25, 0.3) is 0 Å². The first-order valence-electron chi connectivity index (χ1n) is 13.4. The van der Waals surface area contributed by atoms with Gasteiger partial charge in [0.05, 0.1) is 42.7 Å².